The number of rotatable bonds is 2. The molecule has 0 spiro atoms. The van der Waals surface area contributed by atoms with Crippen molar-refractivity contribution in [2.75, 3.05) is 6.61 Å². The Morgan fingerprint density at radius 3 is 2.68 bits per heavy atom. The van der Waals surface area contributed by atoms with Crippen molar-refractivity contribution in [2.24, 2.45) is 0 Å². The molecule has 1 aliphatic heterocycles. The summed E-state index contributed by atoms with van der Waals surface area (Å²) >= 11 is 0. The van der Waals surface area contributed by atoms with E-state index in [0.717, 1.165) is 18.2 Å². The summed E-state index contributed by atoms with van der Waals surface area (Å²) in [6.07, 6.45) is -5.66. The molecule has 9 heteroatoms. The summed E-state index contributed by atoms with van der Waals surface area (Å²) in [5.74, 6) is 0. The summed E-state index contributed by atoms with van der Waals surface area (Å²) in [5, 5.41) is 11.7. The van der Waals surface area contributed by atoms with E-state index in [2.05, 4.69) is 5.32 Å². The highest BCUT2D eigenvalue weighted by atomic mass is 19.4. The van der Waals surface area contributed by atoms with Gasteiger partial charge in [-0.15, -0.1) is 0 Å². The second-order valence-electron chi connectivity index (χ2n) is 5.18. The van der Waals surface area contributed by atoms with Crippen LogP contribution in [0.4, 0.5) is 22.8 Å². The largest absolute Gasteiger partial charge is 0.449 e. The number of allylic oxidation sites excluding steroid dienone is 1. The van der Waals surface area contributed by atoms with Crippen molar-refractivity contribution in [3.05, 3.63) is 46.7 Å². The van der Waals surface area contributed by atoms with Gasteiger partial charge in [0.25, 0.3) is 0 Å². The molecule has 2 rings (SSSR count). The predicted molar refractivity (Wildman–Crippen MR) is 79.9 cm³/mol. The van der Waals surface area contributed by atoms with E-state index in [0.29, 0.717) is 4.90 Å². The normalized spacial score (nSPS) is 17.8. The first-order valence-electron chi connectivity index (χ1n) is 7.25. The molecule has 0 fully saturated rings. The number of carbonyl (C=O) groups is 2. The van der Waals surface area contributed by atoms with Crippen molar-refractivity contribution < 1.29 is 27.5 Å². The molecular weight excluding hydrogens is 339 g/mol. The van der Waals surface area contributed by atoms with Crippen molar-refractivity contribution in [3.63, 3.8) is 0 Å². The Morgan fingerprint density at radius 1 is 1.44 bits per heavy atom. The van der Waals surface area contributed by atoms with Crippen LogP contribution in [0.3, 0.4) is 0 Å². The third-order valence-electron chi connectivity index (χ3n) is 3.56. The zero-order valence-corrected chi connectivity index (χ0v) is 13.3. The third-order valence-corrected chi connectivity index (χ3v) is 3.56. The van der Waals surface area contributed by atoms with Gasteiger partial charge in [-0.2, -0.15) is 18.4 Å². The number of hydrogen-bond donors (Lipinski definition) is 1. The first-order valence-corrected chi connectivity index (χ1v) is 7.25. The molecule has 1 aromatic rings. The highest BCUT2D eigenvalue weighted by Crippen LogP contribution is 2.37. The van der Waals surface area contributed by atoms with E-state index < -0.39 is 29.9 Å². The number of carbonyl (C=O) groups excluding carboxylic acids is 2. The van der Waals surface area contributed by atoms with Crippen molar-refractivity contribution in [3.8, 4) is 6.07 Å². The van der Waals surface area contributed by atoms with Crippen LogP contribution in [0.25, 0.3) is 0 Å². The summed E-state index contributed by atoms with van der Waals surface area (Å²) in [6.45, 7) is 2.91. The molecule has 0 aromatic heterocycles. The number of benzene rings is 1. The van der Waals surface area contributed by atoms with Gasteiger partial charge in [0.1, 0.15) is 6.04 Å². The van der Waals surface area contributed by atoms with Gasteiger partial charge >= 0.3 is 18.3 Å². The van der Waals surface area contributed by atoms with E-state index in [1.54, 1.807) is 0 Å². The van der Waals surface area contributed by atoms with Gasteiger partial charge in [-0.25, -0.2) is 14.5 Å². The molecule has 132 valence electrons. The number of ether oxygens (including phenoxy) is 1. The molecular formula is C16H14F3N3O3. The van der Waals surface area contributed by atoms with Crippen LogP contribution in [0.1, 0.15) is 31.0 Å². The summed E-state index contributed by atoms with van der Waals surface area (Å²) in [6, 6.07) is 3.80. The fourth-order valence-corrected chi connectivity index (χ4v) is 2.47. The summed E-state index contributed by atoms with van der Waals surface area (Å²) in [7, 11) is 0. The van der Waals surface area contributed by atoms with Gasteiger partial charge in [-0.3, -0.25) is 0 Å². The van der Waals surface area contributed by atoms with Gasteiger partial charge in [-0.05, 0) is 31.5 Å². The Labute approximate surface area is 141 Å². The van der Waals surface area contributed by atoms with E-state index in [1.165, 1.54) is 19.9 Å². The van der Waals surface area contributed by atoms with Gasteiger partial charge in [0, 0.05) is 5.70 Å². The molecule has 1 N–H and O–H groups in total. The molecule has 1 aromatic carbocycles. The molecule has 0 saturated carbocycles. The van der Waals surface area contributed by atoms with Crippen molar-refractivity contribution in [1.29, 1.82) is 5.26 Å². The lowest BCUT2D eigenvalue weighted by atomic mass is 9.94. The molecule has 0 radical (unpaired) electrons. The predicted octanol–water partition coefficient (Wildman–Crippen LogP) is 3.73. The van der Waals surface area contributed by atoms with Gasteiger partial charge in [0.15, 0.2) is 0 Å². The van der Waals surface area contributed by atoms with E-state index >= 15 is 0 Å². The van der Waals surface area contributed by atoms with E-state index in [1.807, 2.05) is 6.07 Å². The van der Waals surface area contributed by atoms with Crippen LogP contribution in [-0.4, -0.2) is 23.6 Å². The second kappa shape index (κ2) is 6.84. The number of nitrogens with one attached hydrogen (secondary N) is 1. The number of hydrogen-bond acceptors (Lipinski definition) is 4. The molecule has 0 aliphatic carbocycles. The van der Waals surface area contributed by atoms with Crippen LogP contribution >= 0.6 is 0 Å². The van der Waals surface area contributed by atoms with E-state index in [-0.39, 0.29) is 23.4 Å². The SMILES string of the molecule is CCOC(=O)N1C(=O)NC(C)=C(C#N)C1c1cccc(C(F)(F)F)c1. The quantitative estimate of drug-likeness (QED) is 0.878. The number of imide groups is 1. The molecule has 3 amide bonds. The van der Waals surface area contributed by atoms with Gasteiger partial charge in [0.2, 0.25) is 0 Å². The summed E-state index contributed by atoms with van der Waals surface area (Å²) < 4.78 is 43.7. The second-order valence-corrected chi connectivity index (χ2v) is 5.18. The molecule has 25 heavy (non-hydrogen) atoms. The lowest BCUT2D eigenvalue weighted by molar-refractivity contribution is -0.137. The zero-order chi connectivity index (χ0) is 18.8. The van der Waals surface area contributed by atoms with Crippen LogP contribution < -0.4 is 5.32 Å². The summed E-state index contributed by atoms with van der Waals surface area (Å²) in [5.41, 5.74) is -0.856. The average molecular weight is 353 g/mol. The summed E-state index contributed by atoms with van der Waals surface area (Å²) in [4.78, 5) is 24.9. The topological polar surface area (TPSA) is 82.4 Å². The lowest BCUT2D eigenvalue weighted by Gasteiger charge is -2.34. The van der Waals surface area contributed by atoms with Crippen molar-refractivity contribution >= 4 is 12.1 Å². The van der Waals surface area contributed by atoms with Gasteiger partial charge in [-0.1, -0.05) is 12.1 Å². The minimum atomic E-state index is -4.60. The Balaban J connectivity index is 2.62. The van der Waals surface area contributed by atoms with Crippen molar-refractivity contribution in [1.82, 2.24) is 10.2 Å². The molecule has 1 aliphatic rings. The first-order chi connectivity index (χ1) is 11.7. The van der Waals surface area contributed by atoms with Gasteiger partial charge < -0.3 is 10.1 Å². The Kier molecular flexibility index (Phi) is 5.02. The fraction of sp³-hybridized carbons (Fsp3) is 0.312. The Hall–Kier alpha value is -3.02. The highest BCUT2D eigenvalue weighted by molar-refractivity contribution is 5.94. The standard InChI is InChI=1S/C16H14F3N3O3/c1-3-25-15(24)22-13(12(8-20)9(2)21-14(22)23)10-5-4-6-11(7-10)16(17,18)19/h4-7,13H,3H2,1-2H3,(H,21,23). The fourth-order valence-electron chi connectivity index (χ4n) is 2.47. The Bertz CT molecular complexity index is 781. The molecule has 0 saturated heterocycles. The number of alkyl halides is 3. The third kappa shape index (κ3) is 3.57. The van der Waals surface area contributed by atoms with Crippen LogP contribution in [0, 0.1) is 11.3 Å². The monoisotopic (exact) mass is 353 g/mol. The molecule has 6 nitrogen and oxygen atoms in total. The smallest absolute Gasteiger partial charge is 0.418 e. The minimum Gasteiger partial charge on any atom is -0.449 e. The number of amides is 3. The molecule has 1 unspecified atom stereocenters. The average Bonchev–Trinajstić information content (AvgIpc) is 2.53. The van der Waals surface area contributed by atoms with Gasteiger partial charge in [0.05, 0.1) is 23.8 Å². The van der Waals surface area contributed by atoms with E-state index in [4.69, 9.17) is 4.74 Å². The highest BCUT2D eigenvalue weighted by Gasteiger charge is 2.40. The van der Waals surface area contributed by atoms with Crippen LogP contribution in [-0.2, 0) is 10.9 Å². The molecule has 0 bridgehead atoms. The van der Waals surface area contributed by atoms with Crippen molar-refractivity contribution in [2.45, 2.75) is 26.1 Å². The Morgan fingerprint density at radius 2 is 2.12 bits per heavy atom. The lowest BCUT2D eigenvalue weighted by Crippen LogP contribution is -2.50. The molecule has 1 atom stereocenters. The maximum absolute atomic E-state index is 13.0. The molecule has 1 heterocycles. The minimum absolute atomic E-state index is 0.0198. The number of nitrogens with zero attached hydrogens (tertiary/aromatic N) is 2. The van der Waals surface area contributed by atoms with Crippen LogP contribution in [0.15, 0.2) is 35.5 Å². The maximum Gasteiger partial charge on any atom is 0.418 e. The first kappa shape index (κ1) is 18.3. The zero-order valence-electron chi connectivity index (χ0n) is 13.3. The number of nitriles is 1. The van der Waals surface area contributed by atoms with E-state index in [9.17, 15) is 28.0 Å². The number of halogens is 3. The number of urea groups is 1. The van der Waals surface area contributed by atoms with Crippen LogP contribution in [0.5, 0.6) is 0 Å². The maximum atomic E-state index is 13.0. The van der Waals surface area contributed by atoms with Crippen LogP contribution in [0.2, 0.25) is 0 Å².